The van der Waals surface area contributed by atoms with Gasteiger partial charge < -0.3 is 4.74 Å². The average molecular weight is 541 g/mol. The van der Waals surface area contributed by atoms with E-state index in [4.69, 9.17) is 16.3 Å². The molecule has 1 N–H and O–H groups in total. The van der Waals surface area contributed by atoms with Crippen LogP contribution in [0, 0.1) is 7.14 Å². The number of benzene rings is 2. The number of carbonyl (C=O) groups excluding carboxylic acids is 1. The van der Waals surface area contributed by atoms with Gasteiger partial charge in [-0.15, -0.1) is 0 Å². The van der Waals surface area contributed by atoms with Crippen LogP contribution in [-0.4, -0.2) is 19.2 Å². The van der Waals surface area contributed by atoms with Crippen molar-refractivity contribution < 1.29 is 9.53 Å². The van der Waals surface area contributed by atoms with E-state index in [1.54, 1.807) is 37.6 Å². The number of nitrogens with zero attached hydrogens (tertiary/aromatic N) is 1. The fourth-order valence-electron chi connectivity index (χ4n) is 1.68. The molecule has 0 saturated heterocycles. The molecule has 0 aliphatic rings. The van der Waals surface area contributed by atoms with Crippen LogP contribution in [0.3, 0.4) is 0 Å². The molecule has 2 rings (SSSR count). The Balaban J connectivity index is 2.06. The molecule has 0 atom stereocenters. The standard InChI is InChI=1S/C15H11ClI2N2O2/c1-22-14-12(17)6-9(7-13(14)18)8-19-20-15(21)10-2-4-11(16)5-3-10/h2-8H,1H3,(H,20,21)/b19-8-. The van der Waals surface area contributed by atoms with Crippen molar-refractivity contribution in [3.8, 4) is 5.75 Å². The molecule has 0 radical (unpaired) electrons. The summed E-state index contributed by atoms with van der Waals surface area (Å²) in [6, 6.07) is 10.5. The Kier molecular flexibility index (Phi) is 6.45. The Bertz CT molecular complexity index is 695. The van der Waals surface area contributed by atoms with Crippen molar-refractivity contribution in [3.05, 3.63) is 59.7 Å². The van der Waals surface area contributed by atoms with E-state index >= 15 is 0 Å². The SMILES string of the molecule is COc1c(I)cc(/C=N\NC(=O)c2ccc(Cl)cc2)cc1I. The maximum atomic E-state index is 11.9. The lowest BCUT2D eigenvalue weighted by atomic mass is 10.2. The number of carbonyl (C=O) groups is 1. The molecule has 22 heavy (non-hydrogen) atoms. The lowest BCUT2D eigenvalue weighted by Crippen LogP contribution is -2.17. The zero-order valence-corrected chi connectivity index (χ0v) is 16.5. The molecule has 0 heterocycles. The van der Waals surface area contributed by atoms with Crippen LogP contribution in [-0.2, 0) is 0 Å². The number of halogens is 3. The van der Waals surface area contributed by atoms with Gasteiger partial charge in [-0.3, -0.25) is 4.79 Å². The molecule has 7 heteroatoms. The Hall–Kier alpha value is -0.870. The van der Waals surface area contributed by atoms with Crippen molar-refractivity contribution in [2.45, 2.75) is 0 Å². The van der Waals surface area contributed by atoms with Crippen LogP contribution in [0.5, 0.6) is 5.75 Å². The highest BCUT2D eigenvalue weighted by molar-refractivity contribution is 14.1. The number of methoxy groups -OCH3 is 1. The monoisotopic (exact) mass is 540 g/mol. The van der Waals surface area contributed by atoms with Gasteiger partial charge in [0.05, 0.1) is 20.5 Å². The minimum absolute atomic E-state index is 0.286. The summed E-state index contributed by atoms with van der Waals surface area (Å²) >= 11 is 10.2. The third kappa shape index (κ3) is 4.56. The van der Waals surface area contributed by atoms with E-state index in [9.17, 15) is 4.79 Å². The quantitative estimate of drug-likeness (QED) is 0.357. The zero-order chi connectivity index (χ0) is 16.1. The van der Waals surface area contributed by atoms with Gasteiger partial charge in [0, 0.05) is 10.6 Å². The van der Waals surface area contributed by atoms with E-state index in [-0.39, 0.29) is 5.91 Å². The van der Waals surface area contributed by atoms with Crippen LogP contribution in [0.15, 0.2) is 41.5 Å². The van der Waals surface area contributed by atoms with Gasteiger partial charge in [0.25, 0.3) is 5.91 Å². The maximum absolute atomic E-state index is 11.9. The lowest BCUT2D eigenvalue weighted by molar-refractivity contribution is 0.0955. The second-order valence-corrected chi connectivity index (χ2v) is 6.98. The molecule has 0 spiro atoms. The van der Waals surface area contributed by atoms with E-state index in [0.29, 0.717) is 10.6 Å². The molecule has 114 valence electrons. The summed E-state index contributed by atoms with van der Waals surface area (Å²) in [5.74, 6) is 0.550. The predicted molar refractivity (Wildman–Crippen MR) is 105 cm³/mol. The second-order valence-electron chi connectivity index (χ2n) is 4.22. The Morgan fingerprint density at radius 1 is 1.23 bits per heavy atom. The molecule has 0 fully saturated rings. The Labute approximate surface area is 160 Å². The summed E-state index contributed by atoms with van der Waals surface area (Å²) < 4.78 is 7.27. The molecule has 0 bridgehead atoms. The summed E-state index contributed by atoms with van der Waals surface area (Å²) in [6.07, 6.45) is 1.59. The van der Waals surface area contributed by atoms with Crippen LogP contribution in [0.1, 0.15) is 15.9 Å². The summed E-state index contributed by atoms with van der Waals surface area (Å²) in [4.78, 5) is 11.9. The van der Waals surface area contributed by atoms with E-state index in [0.717, 1.165) is 18.5 Å². The fourth-order valence-corrected chi connectivity index (χ4v) is 4.06. The first kappa shape index (κ1) is 17.5. The van der Waals surface area contributed by atoms with Gasteiger partial charge in [-0.25, -0.2) is 5.43 Å². The largest absolute Gasteiger partial charge is 0.495 e. The first-order valence-electron chi connectivity index (χ1n) is 6.13. The molecule has 2 aromatic rings. The molecule has 2 aromatic carbocycles. The number of ether oxygens (including phenoxy) is 1. The summed E-state index contributed by atoms with van der Waals surface area (Å²) in [5.41, 5.74) is 3.87. The van der Waals surface area contributed by atoms with Crippen molar-refractivity contribution in [2.24, 2.45) is 5.10 Å². The Morgan fingerprint density at radius 2 is 1.82 bits per heavy atom. The highest BCUT2D eigenvalue weighted by Crippen LogP contribution is 2.27. The van der Waals surface area contributed by atoms with Crippen molar-refractivity contribution in [1.29, 1.82) is 0 Å². The van der Waals surface area contributed by atoms with Gasteiger partial charge in [0.2, 0.25) is 0 Å². The number of hydrazone groups is 1. The average Bonchev–Trinajstić information content (AvgIpc) is 2.47. The normalized spacial score (nSPS) is 10.7. The minimum atomic E-state index is -0.286. The van der Waals surface area contributed by atoms with Crippen molar-refractivity contribution >= 4 is 68.9 Å². The third-order valence-electron chi connectivity index (χ3n) is 2.71. The minimum Gasteiger partial charge on any atom is -0.495 e. The van der Waals surface area contributed by atoms with Gasteiger partial charge >= 0.3 is 0 Å². The first-order valence-corrected chi connectivity index (χ1v) is 8.67. The van der Waals surface area contributed by atoms with Crippen molar-refractivity contribution in [3.63, 3.8) is 0 Å². The van der Waals surface area contributed by atoms with Gasteiger partial charge in [-0.2, -0.15) is 5.10 Å². The second kappa shape index (κ2) is 8.11. The maximum Gasteiger partial charge on any atom is 0.271 e. The molecule has 4 nitrogen and oxygen atoms in total. The highest BCUT2D eigenvalue weighted by atomic mass is 127. The van der Waals surface area contributed by atoms with Crippen LogP contribution < -0.4 is 10.2 Å². The van der Waals surface area contributed by atoms with Crippen molar-refractivity contribution in [1.82, 2.24) is 5.43 Å². The highest BCUT2D eigenvalue weighted by Gasteiger charge is 2.07. The van der Waals surface area contributed by atoms with Gasteiger partial charge in [-0.1, -0.05) is 11.6 Å². The third-order valence-corrected chi connectivity index (χ3v) is 4.57. The van der Waals surface area contributed by atoms with E-state index in [2.05, 4.69) is 55.7 Å². The van der Waals surface area contributed by atoms with Crippen LogP contribution in [0.2, 0.25) is 5.02 Å². The van der Waals surface area contributed by atoms with Gasteiger partial charge in [0.15, 0.2) is 0 Å². The number of rotatable bonds is 4. The zero-order valence-electron chi connectivity index (χ0n) is 11.4. The molecule has 1 amide bonds. The Morgan fingerprint density at radius 3 is 2.36 bits per heavy atom. The first-order chi connectivity index (χ1) is 10.5. The lowest BCUT2D eigenvalue weighted by Gasteiger charge is -2.07. The van der Waals surface area contributed by atoms with Crippen LogP contribution in [0.25, 0.3) is 0 Å². The number of hydrogen-bond acceptors (Lipinski definition) is 3. The van der Waals surface area contributed by atoms with Crippen molar-refractivity contribution in [2.75, 3.05) is 7.11 Å². The number of amides is 1. The predicted octanol–water partition coefficient (Wildman–Crippen LogP) is 4.32. The van der Waals surface area contributed by atoms with E-state index < -0.39 is 0 Å². The molecule has 0 aromatic heterocycles. The van der Waals surface area contributed by atoms with E-state index in [1.807, 2.05) is 12.1 Å². The molecule has 0 aliphatic carbocycles. The van der Waals surface area contributed by atoms with Crippen LogP contribution in [0.4, 0.5) is 0 Å². The van der Waals surface area contributed by atoms with E-state index in [1.165, 1.54) is 0 Å². The molecule has 0 unspecified atom stereocenters. The smallest absolute Gasteiger partial charge is 0.271 e. The number of nitrogens with one attached hydrogen (secondary N) is 1. The molecular weight excluding hydrogens is 529 g/mol. The summed E-state index contributed by atoms with van der Waals surface area (Å²) in [5, 5.41) is 4.56. The molecule has 0 aliphatic heterocycles. The summed E-state index contributed by atoms with van der Waals surface area (Å²) in [6.45, 7) is 0. The number of hydrogen-bond donors (Lipinski definition) is 1. The van der Waals surface area contributed by atoms with Gasteiger partial charge in [-0.05, 0) is 87.1 Å². The van der Waals surface area contributed by atoms with Gasteiger partial charge in [0.1, 0.15) is 5.75 Å². The topological polar surface area (TPSA) is 50.7 Å². The molecule has 0 saturated carbocycles. The molecular formula is C15H11ClI2N2O2. The van der Waals surface area contributed by atoms with Crippen LogP contribution >= 0.6 is 56.8 Å². The summed E-state index contributed by atoms with van der Waals surface area (Å²) in [7, 11) is 1.64. The fraction of sp³-hybridized carbons (Fsp3) is 0.0667.